The van der Waals surface area contributed by atoms with Crippen LogP contribution in [-0.4, -0.2) is 32.2 Å². The summed E-state index contributed by atoms with van der Waals surface area (Å²) in [6, 6.07) is 0. The zero-order chi connectivity index (χ0) is 11.5. The number of H-pyrrole nitrogens is 1. The summed E-state index contributed by atoms with van der Waals surface area (Å²) >= 11 is 0. The number of aliphatic carboxylic acids is 1. The van der Waals surface area contributed by atoms with Gasteiger partial charge in [-0.1, -0.05) is 0 Å². The van der Waals surface area contributed by atoms with Crippen LogP contribution in [0.2, 0.25) is 0 Å². The number of rotatable bonds is 3. The molecule has 7 heteroatoms. The number of carbonyl (C=O) groups excluding carboxylic acids is 1. The lowest BCUT2D eigenvalue weighted by Gasteiger charge is -2.08. The molecule has 0 saturated heterocycles. The normalized spacial score (nSPS) is 24.2. The minimum Gasteiger partial charge on any atom is -0.481 e. The number of amides is 1. The first-order valence-corrected chi connectivity index (χ1v) is 5.06. The van der Waals surface area contributed by atoms with Crippen molar-refractivity contribution in [2.24, 2.45) is 11.8 Å². The first-order valence-electron chi connectivity index (χ1n) is 5.06. The van der Waals surface area contributed by atoms with Crippen LogP contribution in [-0.2, 0) is 9.59 Å². The summed E-state index contributed by atoms with van der Waals surface area (Å²) in [5, 5.41) is 17.5. The van der Waals surface area contributed by atoms with Crippen LogP contribution in [0, 0.1) is 11.8 Å². The fourth-order valence-corrected chi connectivity index (χ4v) is 1.93. The summed E-state index contributed by atoms with van der Waals surface area (Å²) in [6.07, 6.45) is 2.86. The minimum absolute atomic E-state index is 0.194. The Labute approximate surface area is 91.3 Å². The monoisotopic (exact) mass is 224 g/mol. The van der Waals surface area contributed by atoms with Crippen LogP contribution in [0.25, 0.3) is 0 Å². The fraction of sp³-hybridized carbons (Fsp3) is 0.556. The number of carbonyl (C=O) groups is 2. The summed E-state index contributed by atoms with van der Waals surface area (Å²) in [7, 11) is 0. The van der Waals surface area contributed by atoms with Gasteiger partial charge in [0.1, 0.15) is 6.33 Å². The first kappa shape index (κ1) is 10.6. The second-order valence-corrected chi connectivity index (χ2v) is 3.87. The fourth-order valence-electron chi connectivity index (χ4n) is 1.93. The maximum absolute atomic E-state index is 11.7. The molecule has 1 aliphatic carbocycles. The van der Waals surface area contributed by atoms with Crippen molar-refractivity contribution >= 4 is 17.8 Å². The van der Waals surface area contributed by atoms with E-state index in [1.807, 2.05) is 0 Å². The van der Waals surface area contributed by atoms with Gasteiger partial charge >= 0.3 is 5.97 Å². The Hall–Kier alpha value is -1.92. The number of carboxylic acid groups (broad SMARTS) is 1. The maximum atomic E-state index is 11.7. The van der Waals surface area contributed by atoms with Crippen molar-refractivity contribution in [2.75, 3.05) is 5.32 Å². The molecular weight excluding hydrogens is 212 g/mol. The highest BCUT2D eigenvalue weighted by Gasteiger charge is 2.33. The van der Waals surface area contributed by atoms with E-state index in [2.05, 4.69) is 20.5 Å². The zero-order valence-corrected chi connectivity index (χ0v) is 8.51. The van der Waals surface area contributed by atoms with Gasteiger partial charge in [0.15, 0.2) is 0 Å². The van der Waals surface area contributed by atoms with Crippen molar-refractivity contribution in [2.45, 2.75) is 19.3 Å². The molecule has 3 N–H and O–H groups in total. The van der Waals surface area contributed by atoms with E-state index in [0.717, 1.165) is 0 Å². The van der Waals surface area contributed by atoms with Crippen LogP contribution >= 0.6 is 0 Å². The number of nitrogens with zero attached hydrogens (tertiary/aromatic N) is 2. The number of aromatic nitrogens is 3. The minimum atomic E-state index is -0.824. The Balaban J connectivity index is 1.90. The van der Waals surface area contributed by atoms with Crippen LogP contribution in [0.1, 0.15) is 19.3 Å². The molecule has 1 heterocycles. The lowest BCUT2D eigenvalue weighted by Crippen LogP contribution is -2.22. The number of hydrogen-bond donors (Lipinski definition) is 3. The Morgan fingerprint density at radius 1 is 1.44 bits per heavy atom. The number of hydrogen-bond acceptors (Lipinski definition) is 4. The molecule has 0 radical (unpaired) electrons. The summed E-state index contributed by atoms with van der Waals surface area (Å²) in [5.74, 6) is -1.36. The van der Waals surface area contributed by atoms with Crippen molar-refractivity contribution < 1.29 is 14.7 Å². The Bertz CT molecular complexity index is 389. The molecule has 1 amide bonds. The summed E-state index contributed by atoms with van der Waals surface area (Å²) in [5.41, 5.74) is 0. The highest BCUT2D eigenvalue weighted by molar-refractivity contribution is 5.91. The van der Waals surface area contributed by atoms with Gasteiger partial charge in [0.25, 0.3) is 0 Å². The Kier molecular flexibility index (Phi) is 2.84. The molecule has 1 saturated carbocycles. The van der Waals surface area contributed by atoms with E-state index >= 15 is 0 Å². The molecule has 86 valence electrons. The Morgan fingerprint density at radius 3 is 2.75 bits per heavy atom. The quantitative estimate of drug-likeness (QED) is 0.681. The van der Waals surface area contributed by atoms with E-state index in [-0.39, 0.29) is 11.8 Å². The molecule has 1 aliphatic rings. The van der Waals surface area contributed by atoms with E-state index in [4.69, 9.17) is 5.11 Å². The van der Waals surface area contributed by atoms with Crippen molar-refractivity contribution in [3.05, 3.63) is 6.33 Å². The van der Waals surface area contributed by atoms with Crippen LogP contribution < -0.4 is 5.32 Å². The van der Waals surface area contributed by atoms with Crippen LogP contribution in [0.5, 0.6) is 0 Å². The molecule has 1 aromatic heterocycles. The van der Waals surface area contributed by atoms with Gasteiger partial charge in [0.05, 0.1) is 5.92 Å². The van der Waals surface area contributed by atoms with Crippen LogP contribution in [0.15, 0.2) is 6.33 Å². The lowest BCUT2D eigenvalue weighted by molar-refractivity contribution is -0.141. The van der Waals surface area contributed by atoms with E-state index in [9.17, 15) is 9.59 Å². The SMILES string of the molecule is O=C(O)[C@H]1CC[C@@H](C(=O)Nc2ncn[nH]2)C1. The van der Waals surface area contributed by atoms with Gasteiger partial charge in [-0.2, -0.15) is 10.1 Å². The van der Waals surface area contributed by atoms with Crippen LogP contribution in [0.4, 0.5) is 5.95 Å². The summed E-state index contributed by atoms with van der Waals surface area (Å²) < 4.78 is 0. The molecule has 0 bridgehead atoms. The topological polar surface area (TPSA) is 108 Å². The third-order valence-electron chi connectivity index (χ3n) is 2.81. The zero-order valence-electron chi connectivity index (χ0n) is 8.51. The van der Waals surface area contributed by atoms with Gasteiger partial charge in [-0.05, 0) is 19.3 Å². The predicted molar refractivity (Wildman–Crippen MR) is 53.5 cm³/mol. The number of anilines is 1. The second kappa shape index (κ2) is 4.30. The summed E-state index contributed by atoms with van der Waals surface area (Å²) in [6.45, 7) is 0. The molecule has 1 aromatic rings. The molecule has 7 nitrogen and oxygen atoms in total. The van der Waals surface area contributed by atoms with Gasteiger partial charge < -0.3 is 5.11 Å². The molecule has 0 aliphatic heterocycles. The standard InChI is InChI=1S/C9H12N4O3/c14-7(12-9-10-4-11-13-9)5-1-2-6(3-5)8(15)16/h4-6H,1-3H2,(H,15,16)(H2,10,11,12,13,14)/t5-,6+/m1/s1. The third-order valence-corrected chi connectivity index (χ3v) is 2.81. The smallest absolute Gasteiger partial charge is 0.306 e. The third kappa shape index (κ3) is 2.18. The van der Waals surface area contributed by atoms with Gasteiger partial charge in [-0.15, -0.1) is 0 Å². The Morgan fingerprint density at radius 2 is 2.19 bits per heavy atom. The van der Waals surface area contributed by atoms with Gasteiger partial charge in [0.2, 0.25) is 11.9 Å². The average molecular weight is 224 g/mol. The number of carboxylic acids is 1. The second-order valence-electron chi connectivity index (χ2n) is 3.87. The molecule has 2 atom stereocenters. The summed E-state index contributed by atoms with van der Waals surface area (Å²) in [4.78, 5) is 26.2. The van der Waals surface area contributed by atoms with E-state index in [1.54, 1.807) is 0 Å². The molecule has 16 heavy (non-hydrogen) atoms. The highest BCUT2D eigenvalue weighted by Crippen LogP contribution is 2.31. The molecular formula is C9H12N4O3. The molecule has 2 rings (SSSR count). The molecule has 0 aromatic carbocycles. The predicted octanol–water partition coefficient (Wildman–Crippen LogP) is 0.244. The largest absolute Gasteiger partial charge is 0.481 e. The van der Waals surface area contributed by atoms with Crippen molar-refractivity contribution in [1.82, 2.24) is 15.2 Å². The number of aromatic amines is 1. The molecule has 0 spiro atoms. The van der Waals surface area contributed by atoms with Crippen molar-refractivity contribution in [3.63, 3.8) is 0 Å². The van der Waals surface area contributed by atoms with E-state index < -0.39 is 11.9 Å². The van der Waals surface area contributed by atoms with Gasteiger partial charge in [-0.25, -0.2) is 5.10 Å². The van der Waals surface area contributed by atoms with E-state index in [0.29, 0.717) is 25.2 Å². The average Bonchev–Trinajstić information content (AvgIpc) is 2.86. The van der Waals surface area contributed by atoms with Crippen LogP contribution in [0.3, 0.4) is 0 Å². The lowest BCUT2D eigenvalue weighted by atomic mass is 10.0. The molecule has 1 fully saturated rings. The molecule has 0 unspecified atom stereocenters. The van der Waals surface area contributed by atoms with Crippen molar-refractivity contribution in [1.29, 1.82) is 0 Å². The highest BCUT2D eigenvalue weighted by atomic mass is 16.4. The van der Waals surface area contributed by atoms with E-state index in [1.165, 1.54) is 6.33 Å². The maximum Gasteiger partial charge on any atom is 0.306 e. The van der Waals surface area contributed by atoms with Crippen molar-refractivity contribution in [3.8, 4) is 0 Å². The first-order chi connectivity index (χ1) is 7.66. The number of nitrogens with one attached hydrogen (secondary N) is 2. The van der Waals surface area contributed by atoms with Gasteiger partial charge in [0, 0.05) is 5.92 Å². The van der Waals surface area contributed by atoms with Gasteiger partial charge in [-0.3, -0.25) is 14.9 Å².